The number of carbonyl (C=O) groups is 1. The molecule has 1 aromatic carbocycles. The number of anilines is 1. The number of hydrogen-bond donors (Lipinski definition) is 1. The van der Waals surface area contributed by atoms with Crippen LogP contribution in [0, 0.1) is 5.92 Å². The molecule has 4 atom stereocenters. The number of benzene rings is 1. The van der Waals surface area contributed by atoms with Crippen LogP contribution in [0.4, 0.5) is 9.80 Å². The predicted molar refractivity (Wildman–Crippen MR) is 137 cm³/mol. The lowest BCUT2D eigenvalue weighted by Gasteiger charge is -2.28. The third-order valence-electron chi connectivity index (χ3n) is 7.58. The third-order valence-corrected chi connectivity index (χ3v) is 10.1. The molecule has 1 aromatic heterocycles. The number of rotatable bonds is 10. The minimum atomic E-state index is -2.92. The van der Waals surface area contributed by atoms with E-state index >= 15 is 4.11 Å². The minimum Gasteiger partial charge on any atom is -0.396 e. The van der Waals surface area contributed by atoms with Crippen LogP contribution in [-0.4, -0.2) is 59.8 Å². The highest BCUT2D eigenvalue weighted by Gasteiger charge is 2.50. The molecular formula is C26H39FN4O3Si. The van der Waals surface area contributed by atoms with E-state index in [0.717, 1.165) is 43.6 Å². The van der Waals surface area contributed by atoms with Gasteiger partial charge in [0.05, 0.1) is 17.9 Å². The van der Waals surface area contributed by atoms with Gasteiger partial charge in [0.15, 0.2) is 0 Å². The molecule has 0 unspecified atom stereocenters. The molecule has 2 aromatic rings. The highest BCUT2D eigenvalue weighted by Crippen LogP contribution is 2.47. The molecule has 0 bridgehead atoms. The van der Waals surface area contributed by atoms with Crippen LogP contribution in [0.25, 0.3) is 0 Å². The highest BCUT2D eigenvalue weighted by molar-refractivity contribution is 6.72. The second-order valence-corrected chi connectivity index (χ2v) is 14.4. The largest absolute Gasteiger partial charge is 0.396 e. The molecule has 0 aliphatic carbocycles. The quantitative estimate of drug-likeness (QED) is 0.387. The van der Waals surface area contributed by atoms with Gasteiger partial charge in [0.2, 0.25) is 14.3 Å². The van der Waals surface area contributed by atoms with Crippen molar-refractivity contribution >= 4 is 20.0 Å². The molecule has 0 spiro atoms. The summed E-state index contributed by atoms with van der Waals surface area (Å²) in [6, 6.07) is 8.30. The van der Waals surface area contributed by atoms with Gasteiger partial charge in [-0.25, -0.2) is 0 Å². The van der Waals surface area contributed by atoms with E-state index < -0.39 is 8.41 Å². The molecule has 35 heavy (non-hydrogen) atoms. The van der Waals surface area contributed by atoms with E-state index in [-0.39, 0.29) is 36.2 Å². The van der Waals surface area contributed by atoms with Gasteiger partial charge in [-0.15, -0.1) is 5.10 Å². The van der Waals surface area contributed by atoms with Crippen LogP contribution < -0.4 is 4.90 Å². The molecule has 4 rings (SSSR count). The first-order valence-corrected chi connectivity index (χ1v) is 16.0. The van der Waals surface area contributed by atoms with Gasteiger partial charge < -0.3 is 18.9 Å². The lowest BCUT2D eigenvalue weighted by atomic mass is 9.95. The molecule has 1 amide bonds. The molecule has 0 saturated carbocycles. The lowest BCUT2D eigenvalue weighted by molar-refractivity contribution is -0.119. The molecule has 9 heteroatoms. The molecule has 2 saturated heterocycles. The van der Waals surface area contributed by atoms with Gasteiger partial charge in [-0.05, 0) is 68.8 Å². The number of amides is 1. The van der Waals surface area contributed by atoms with Crippen molar-refractivity contribution in [1.29, 1.82) is 0 Å². The smallest absolute Gasteiger partial charge is 0.246 e. The minimum absolute atomic E-state index is 0.0246. The number of ether oxygens (including phenoxy) is 1. The average Bonchev–Trinajstić information content (AvgIpc) is 3.40. The summed E-state index contributed by atoms with van der Waals surface area (Å²) in [5.74, 6) is 0.375. The Morgan fingerprint density at radius 1 is 1.14 bits per heavy atom. The van der Waals surface area contributed by atoms with E-state index in [9.17, 15) is 4.79 Å². The van der Waals surface area contributed by atoms with Crippen molar-refractivity contribution in [2.75, 3.05) is 18.1 Å². The molecule has 2 aliphatic rings. The second kappa shape index (κ2) is 11.3. The maximum absolute atomic E-state index is 15.4. The Balaban J connectivity index is 1.35. The fourth-order valence-electron chi connectivity index (χ4n) is 5.82. The van der Waals surface area contributed by atoms with E-state index in [0.29, 0.717) is 25.8 Å². The summed E-state index contributed by atoms with van der Waals surface area (Å²) >= 11 is 0. The topological polar surface area (TPSA) is 80.5 Å². The fourth-order valence-corrected chi connectivity index (χ4v) is 8.41. The maximum atomic E-state index is 15.4. The van der Waals surface area contributed by atoms with Crippen LogP contribution in [0.15, 0.2) is 30.5 Å². The highest BCUT2D eigenvalue weighted by atomic mass is 28.4. The lowest BCUT2D eigenvalue weighted by Crippen LogP contribution is -2.36. The van der Waals surface area contributed by atoms with E-state index in [1.807, 2.05) is 23.2 Å². The second-order valence-electron chi connectivity index (χ2n) is 10.6. The normalized spacial score (nSPS) is 25.4. The maximum Gasteiger partial charge on any atom is 0.246 e. The molecule has 192 valence electrons. The van der Waals surface area contributed by atoms with E-state index in [1.54, 1.807) is 17.8 Å². The zero-order valence-electron chi connectivity index (χ0n) is 21.2. The monoisotopic (exact) mass is 502 g/mol. The Bertz CT molecular complexity index is 978. The summed E-state index contributed by atoms with van der Waals surface area (Å²) in [4.78, 5) is 14.1. The molecule has 3 heterocycles. The summed E-state index contributed by atoms with van der Waals surface area (Å²) < 4.78 is 23.6. The number of aryl methyl sites for hydroxylation is 2. The fraction of sp³-hybridized carbons (Fsp3) is 0.654. The summed E-state index contributed by atoms with van der Waals surface area (Å²) in [5, 5.41) is 17.3. The van der Waals surface area contributed by atoms with Crippen LogP contribution in [0.1, 0.15) is 50.3 Å². The number of piperidine rings is 1. The van der Waals surface area contributed by atoms with Crippen molar-refractivity contribution in [2.45, 2.75) is 89.3 Å². The Morgan fingerprint density at radius 3 is 2.60 bits per heavy atom. The number of carbonyl (C=O) groups excluding carboxylic acids is 1. The van der Waals surface area contributed by atoms with Crippen molar-refractivity contribution in [3.8, 4) is 0 Å². The molecule has 1 N–H and O–H groups in total. The van der Waals surface area contributed by atoms with Gasteiger partial charge >= 0.3 is 0 Å². The van der Waals surface area contributed by atoms with Crippen LogP contribution in [-0.2, 0) is 28.9 Å². The van der Waals surface area contributed by atoms with Crippen LogP contribution in [0.2, 0.25) is 18.6 Å². The molecule has 7 nitrogen and oxygen atoms in total. The van der Waals surface area contributed by atoms with Gasteiger partial charge in [-0.3, -0.25) is 9.48 Å². The first-order chi connectivity index (χ1) is 16.8. The van der Waals surface area contributed by atoms with Crippen LogP contribution in [0.5, 0.6) is 0 Å². The molecule has 0 radical (unpaired) electrons. The summed E-state index contributed by atoms with van der Waals surface area (Å²) in [5.41, 5.74) is 2.90. The number of nitrogens with zero attached hydrogens (tertiary/aromatic N) is 4. The SMILES string of the molecule is C[C@@H]1[C@@H]([Si](C)(C)F)[C@H](CCn2cc(CCO)nn2)O[C@@H]1CCc1ccc(N2CCCCC2=O)cc1. The van der Waals surface area contributed by atoms with Crippen molar-refractivity contribution < 1.29 is 18.7 Å². The summed E-state index contributed by atoms with van der Waals surface area (Å²) in [6.07, 6.45) is 7.33. The summed E-state index contributed by atoms with van der Waals surface area (Å²) in [7, 11) is -2.92. The van der Waals surface area contributed by atoms with Gasteiger partial charge in [0.25, 0.3) is 0 Å². The molecular weight excluding hydrogens is 463 g/mol. The first kappa shape index (κ1) is 26.0. The molecule has 2 aliphatic heterocycles. The number of halogens is 1. The number of hydrogen-bond acceptors (Lipinski definition) is 5. The van der Waals surface area contributed by atoms with Crippen molar-refractivity contribution in [3.63, 3.8) is 0 Å². The van der Waals surface area contributed by atoms with Crippen LogP contribution in [0.3, 0.4) is 0 Å². The van der Waals surface area contributed by atoms with Gasteiger partial charge in [0, 0.05) is 50.0 Å². The molecule has 2 fully saturated rings. The Labute approximate surface area is 208 Å². The van der Waals surface area contributed by atoms with E-state index in [2.05, 4.69) is 29.4 Å². The van der Waals surface area contributed by atoms with Gasteiger partial charge in [-0.1, -0.05) is 24.3 Å². The first-order valence-electron chi connectivity index (χ1n) is 13.0. The average molecular weight is 503 g/mol. The number of aromatic nitrogens is 3. The Hall–Kier alpha value is -2.10. The Kier molecular flexibility index (Phi) is 8.39. The van der Waals surface area contributed by atoms with Crippen molar-refractivity contribution in [1.82, 2.24) is 15.0 Å². The van der Waals surface area contributed by atoms with Gasteiger partial charge in [-0.2, -0.15) is 0 Å². The zero-order valence-corrected chi connectivity index (χ0v) is 22.2. The van der Waals surface area contributed by atoms with Crippen molar-refractivity contribution in [2.24, 2.45) is 5.92 Å². The van der Waals surface area contributed by atoms with Crippen molar-refractivity contribution in [3.05, 3.63) is 41.7 Å². The Morgan fingerprint density at radius 2 is 1.91 bits per heavy atom. The number of aliphatic hydroxyl groups excluding tert-OH is 1. The zero-order chi connectivity index (χ0) is 25.0. The van der Waals surface area contributed by atoms with Gasteiger partial charge in [0.1, 0.15) is 0 Å². The standard InChI is InChI=1S/C26H39FN4O3Si/c1-19-23(12-9-20-7-10-22(11-8-20)31-15-5-4-6-25(31)33)34-24(26(19)35(2,3)27)13-16-30-18-21(14-17-32)28-29-30/h7-8,10-11,18-19,23-24,26,32H,4-6,9,12-17H2,1-3H3/t19-,23+,24-,26+/m0/s1. The third kappa shape index (κ3) is 6.37. The van der Waals surface area contributed by atoms with Crippen LogP contribution >= 0.6 is 0 Å². The van der Waals surface area contributed by atoms with E-state index in [4.69, 9.17) is 9.84 Å². The predicted octanol–water partition coefficient (Wildman–Crippen LogP) is 4.30. The number of aliphatic hydroxyl groups is 1. The van der Waals surface area contributed by atoms with E-state index in [1.165, 1.54) is 5.56 Å². The summed E-state index contributed by atoms with van der Waals surface area (Å²) in [6.45, 7) is 7.20.